The van der Waals surface area contributed by atoms with Gasteiger partial charge in [0.05, 0.1) is 19.8 Å². The largest absolute Gasteiger partial charge is 0.493 e. The van der Waals surface area contributed by atoms with Crippen molar-refractivity contribution in [1.29, 1.82) is 0 Å². The molecule has 0 spiro atoms. The van der Waals surface area contributed by atoms with Crippen LogP contribution in [0.25, 0.3) is 11.1 Å². The van der Waals surface area contributed by atoms with E-state index in [4.69, 9.17) is 23.7 Å². The van der Waals surface area contributed by atoms with Crippen molar-refractivity contribution in [1.82, 2.24) is 0 Å². The second-order valence-corrected chi connectivity index (χ2v) is 7.78. The molecule has 0 saturated heterocycles. The van der Waals surface area contributed by atoms with Gasteiger partial charge in [0.25, 0.3) is 0 Å². The Bertz CT molecular complexity index is 1010. The topological polar surface area (TPSA) is 80.3 Å². The molecule has 0 bridgehead atoms. The maximum atomic E-state index is 12.0. The van der Waals surface area contributed by atoms with Crippen molar-refractivity contribution in [3.05, 3.63) is 41.5 Å². The smallest absolute Gasteiger partial charge is 0.338 e. The van der Waals surface area contributed by atoms with Crippen molar-refractivity contribution < 1.29 is 33.3 Å². The fourth-order valence-corrected chi connectivity index (χ4v) is 3.77. The number of methoxy groups -OCH3 is 2. The molecule has 2 aromatic carbocycles. The van der Waals surface area contributed by atoms with Crippen molar-refractivity contribution in [2.75, 3.05) is 20.8 Å². The molecule has 0 aromatic heterocycles. The molecule has 2 aromatic rings. The van der Waals surface area contributed by atoms with Crippen LogP contribution in [0, 0.1) is 0 Å². The van der Waals surface area contributed by atoms with Crippen LogP contribution in [0.1, 0.15) is 48.5 Å². The third-order valence-corrected chi connectivity index (χ3v) is 5.61. The fraction of sp³-hybridized carbons (Fsp3) is 0.417. The van der Waals surface area contributed by atoms with Crippen molar-refractivity contribution in [3.63, 3.8) is 0 Å². The van der Waals surface area contributed by atoms with Crippen molar-refractivity contribution in [2.24, 2.45) is 0 Å². The predicted octanol–water partition coefficient (Wildman–Crippen LogP) is 4.30. The molecule has 1 aliphatic carbocycles. The van der Waals surface area contributed by atoms with E-state index in [2.05, 4.69) is 0 Å². The van der Waals surface area contributed by atoms with Crippen LogP contribution in [-0.2, 0) is 20.9 Å². The number of fused-ring (bicyclic) bond motifs is 1. The highest BCUT2D eigenvalue weighted by molar-refractivity contribution is 5.96. The van der Waals surface area contributed by atoms with Gasteiger partial charge in [0.2, 0.25) is 5.75 Å². The van der Waals surface area contributed by atoms with Crippen LogP contribution in [-0.4, -0.2) is 38.4 Å². The van der Waals surface area contributed by atoms with Crippen molar-refractivity contribution in [3.8, 4) is 28.4 Å². The van der Waals surface area contributed by atoms with Crippen LogP contribution < -0.4 is 14.2 Å². The summed E-state index contributed by atoms with van der Waals surface area (Å²) in [5.74, 6) is 0.900. The van der Waals surface area contributed by atoms with E-state index in [1.807, 2.05) is 25.1 Å². The first kappa shape index (κ1) is 21.0. The fourth-order valence-electron chi connectivity index (χ4n) is 3.77. The Hall–Kier alpha value is -3.22. The molecular formula is C24H26O7. The second-order valence-electron chi connectivity index (χ2n) is 7.78. The molecule has 7 heteroatoms. The number of cyclic esters (lactones) is 1. The van der Waals surface area contributed by atoms with E-state index in [1.165, 1.54) is 0 Å². The monoisotopic (exact) mass is 426 g/mol. The standard InChI is InChI=1S/C24H26O7/c1-4-6-20(25)31-24(11-12-24)14-30-21-16(9-10-19(27-2)22(21)28-3)15-7-5-8-17-18(15)13-29-23(17)26/h5,7-10H,4,6,11-14H2,1-3H3. The molecule has 0 unspecified atom stereocenters. The maximum Gasteiger partial charge on any atom is 0.338 e. The van der Waals surface area contributed by atoms with Gasteiger partial charge in [-0.2, -0.15) is 0 Å². The van der Waals surface area contributed by atoms with E-state index < -0.39 is 5.60 Å². The van der Waals surface area contributed by atoms with E-state index in [0.717, 1.165) is 36.0 Å². The van der Waals surface area contributed by atoms with Gasteiger partial charge in [-0.25, -0.2) is 4.79 Å². The number of ether oxygens (including phenoxy) is 5. The van der Waals surface area contributed by atoms with Gasteiger partial charge >= 0.3 is 11.9 Å². The predicted molar refractivity (Wildman–Crippen MR) is 113 cm³/mol. The summed E-state index contributed by atoms with van der Waals surface area (Å²) in [6.07, 6.45) is 2.64. The Labute approximate surface area is 181 Å². The normalized spacial score (nSPS) is 15.6. The Balaban J connectivity index is 1.70. The molecule has 1 fully saturated rings. The van der Waals surface area contributed by atoms with E-state index >= 15 is 0 Å². The number of rotatable bonds is 9. The molecule has 1 heterocycles. The lowest BCUT2D eigenvalue weighted by Gasteiger charge is -2.22. The summed E-state index contributed by atoms with van der Waals surface area (Å²) in [6.45, 7) is 2.36. The lowest BCUT2D eigenvalue weighted by atomic mass is 9.95. The van der Waals surface area contributed by atoms with Crippen LogP contribution in [0.15, 0.2) is 30.3 Å². The number of benzene rings is 2. The van der Waals surface area contributed by atoms with Gasteiger partial charge in [-0.05, 0) is 43.0 Å². The molecule has 4 rings (SSSR count). The SMILES string of the molecule is CCCC(=O)OC1(COc2c(-c3cccc4c3COC4=O)ccc(OC)c2OC)CC1. The summed E-state index contributed by atoms with van der Waals surface area (Å²) in [4.78, 5) is 24.0. The first-order chi connectivity index (χ1) is 15.0. The quantitative estimate of drug-likeness (QED) is 0.553. The number of carbonyl (C=O) groups is 2. The minimum absolute atomic E-state index is 0.205. The van der Waals surface area contributed by atoms with Crippen molar-refractivity contribution in [2.45, 2.75) is 44.8 Å². The first-order valence-corrected chi connectivity index (χ1v) is 10.4. The summed E-state index contributed by atoms with van der Waals surface area (Å²) < 4.78 is 28.2. The van der Waals surface area contributed by atoms with E-state index in [1.54, 1.807) is 26.4 Å². The van der Waals surface area contributed by atoms with Gasteiger partial charge in [-0.3, -0.25) is 4.79 Å². The molecular weight excluding hydrogens is 400 g/mol. The van der Waals surface area contributed by atoms with Gasteiger partial charge in [0, 0.05) is 17.5 Å². The highest BCUT2D eigenvalue weighted by Crippen LogP contribution is 2.48. The van der Waals surface area contributed by atoms with Crippen LogP contribution >= 0.6 is 0 Å². The van der Waals surface area contributed by atoms with Gasteiger partial charge in [-0.1, -0.05) is 19.1 Å². The molecule has 0 amide bonds. The molecule has 1 saturated carbocycles. The molecule has 0 N–H and O–H groups in total. The van der Waals surface area contributed by atoms with Crippen LogP contribution in [0.3, 0.4) is 0 Å². The lowest BCUT2D eigenvalue weighted by molar-refractivity contribution is -0.153. The molecule has 7 nitrogen and oxygen atoms in total. The average molecular weight is 426 g/mol. The summed E-state index contributed by atoms with van der Waals surface area (Å²) in [5, 5.41) is 0. The van der Waals surface area contributed by atoms with E-state index in [0.29, 0.717) is 29.2 Å². The zero-order chi connectivity index (χ0) is 22.0. The molecule has 164 valence electrons. The number of hydrogen-bond acceptors (Lipinski definition) is 7. The Morgan fingerprint density at radius 1 is 1.03 bits per heavy atom. The number of esters is 2. The summed E-state index contributed by atoms with van der Waals surface area (Å²) in [7, 11) is 3.10. The zero-order valence-corrected chi connectivity index (χ0v) is 18.0. The van der Waals surface area contributed by atoms with Crippen molar-refractivity contribution >= 4 is 11.9 Å². The van der Waals surface area contributed by atoms with Crippen LogP contribution in [0.5, 0.6) is 17.2 Å². The molecule has 1 aliphatic heterocycles. The van der Waals surface area contributed by atoms with E-state index in [9.17, 15) is 9.59 Å². The van der Waals surface area contributed by atoms with Crippen LogP contribution in [0.4, 0.5) is 0 Å². The summed E-state index contributed by atoms with van der Waals surface area (Å²) in [5.41, 5.74) is 2.33. The first-order valence-electron chi connectivity index (χ1n) is 10.4. The summed E-state index contributed by atoms with van der Waals surface area (Å²) >= 11 is 0. The van der Waals surface area contributed by atoms with Gasteiger partial charge < -0.3 is 23.7 Å². The third-order valence-electron chi connectivity index (χ3n) is 5.61. The Morgan fingerprint density at radius 3 is 2.48 bits per heavy atom. The maximum absolute atomic E-state index is 12.0. The van der Waals surface area contributed by atoms with Gasteiger partial charge in [0.1, 0.15) is 18.8 Å². The highest BCUT2D eigenvalue weighted by atomic mass is 16.6. The van der Waals surface area contributed by atoms with Crippen LogP contribution in [0.2, 0.25) is 0 Å². The third kappa shape index (κ3) is 4.04. The lowest BCUT2D eigenvalue weighted by Crippen LogP contribution is -2.27. The number of hydrogen-bond donors (Lipinski definition) is 0. The van der Waals surface area contributed by atoms with Gasteiger partial charge in [0.15, 0.2) is 11.5 Å². The average Bonchev–Trinajstić information content (AvgIpc) is 3.43. The molecule has 0 atom stereocenters. The molecule has 0 radical (unpaired) electrons. The molecule has 31 heavy (non-hydrogen) atoms. The zero-order valence-electron chi connectivity index (χ0n) is 18.0. The summed E-state index contributed by atoms with van der Waals surface area (Å²) in [6, 6.07) is 9.16. The minimum Gasteiger partial charge on any atom is -0.493 e. The Kier molecular flexibility index (Phi) is 5.76. The molecule has 2 aliphatic rings. The second kappa shape index (κ2) is 8.49. The van der Waals surface area contributed by atoms with Gasteiger partial charge in [-0.15, -0.1) is 0 Å². The Morgan fingerprint density at radius 2 is 1.81 bits per heavy atom. The highest BCUT2D eigenvalue weighted by Gasteiger charge is 2.48. The minimum atomic E-state index is -0.602. The van der Waals surface area contributed by atoms with E-state index in [-0.39, 0.29) is 25.2 Å². The number of carbonyl (C=O) groups excluding carboxylic acids is 2.